The SMILES string of the molecule is C[C@H](c1ccc(Cl)c(Cl)c1)[C@H](NC(=O)c1ccc(Cl)cc1NS(=O)(=O)c1nccc2sncc12)C(=O)O. The van der Waals surface area contributed by atoms with E-state index in [1.54, 1.807) is 19.1 Å². The Hall–Kier alpha value is -2.96. The molecule has 2 aromatic carbocycles. The number of carbonyl (C=O) groups excluding carboxylic acids is 1. The van der Waals surface area contributed by atoms with Crippen LogP contribution in [0.15, 0.2) is 59.9 Å². The van der Waals surface area contributed by atoms with Crippen LogP contribution in [0.2, 0.25) is 15.1 Å². The topological polar surface area (TPSA) is 138 Å². The Balaban J connectivity index is 1.65. The van der Waals surface area contributed by atoms with Crippen LogP contribution in [-0.2, 0) is 14.8 Å². The number of anilines is 1. The van der Waals surface area contributed by atoms with Crippen LogP contribution in [0.1, 0.15) is 28.8 Å². The van der Waals surface area contributed by atoms with Gasteiger partial charge in [0.2, 0.25) is 0 Å². The molecule has 2 heterocycles. The summed E-state index contributed by atoms with van der Waals surface area (Å²) in [6.45, 7) is 1.60. The highest BCUT2D eigenvalue weighted by molar-refractivity contribution is 7.92. The summed E-state index contributed by atoms with van der Waals surface area (Å²) in [5.41, 5.74) is 0.233. The molecule has 0 unspecified atom stereocenters. The number of carbonyl (C=O) groups is 2. The van der Waals surface area contributed by atoms with Crippen molar-refractivity contribution in [2.45, 2.75) is 23.9 Å². The van der Waals surface area contributed by atoms with E-state index in [1.165, 1.54) is 42.7 Å². The van der Waals surface area contributed by atoms with Gasteiger partial charge in [-0.3, -0.25) is 9.52 Å². The van der Waals surface area contributed by atoms with Gasteiger partial charge in [0.05, 0.1) is 37.6 Å². The number of nitrogens with one attached hydrogen (secondary N) is 2. The van der Waals surface area contributed by atoms with Crippen molar-refractivity contribution in [3.8, 4) is 0 Å². The van der Waals surface area contributed by atoms with Gasteiger partial charge in [0, 0.05) is 17.1 Å². The van der Waals surface area contributed by atoms with Crippen LogP contribution in [0.3, 0.4) is 0 Å². The predicted octanol–water partition coefficient (Wildman–Crippen LogP) is 5.44. The van der Waals surface area contributed by atoms with E-state index in [2.05, 4.69) is 19.4 Å². The molecule has 2 aromatic heterocycles. The van der Waals surface area contributed by atoms with Gasteiger partial charge in [0.25, 0.3) is 15.9 Å². The molecule has 3 N–H and O–H groups in total. The molecule has 192 valence electrons. The van der Waals surface area contributed by atoms with E-state index < -0.39 is 33.9 Å². The van der Waals surface area contributed by atoms with Gasteiger partial charge in [0.1, 0.15) is 6.04 Å². The molecule has 4 aromatic rings. The highest BCUT2D eigenvalue weighted by Crippen LogP contribution is 2.30. The molecular weight excluding hydrogens is 583 g/mol. The van der Waals surface area contributed by atoms with Crippen molar-refractivity contribution in [1.29, 1.82) is 0 Å². The number of rotatable bonds is 8. The van der Waals surface area contributed by atoms with Crippen LogP contribution in [0.5, 0.6) is 0 Å². The number of halogens is 3. The maximum Gasteiger partial charge on any atom is 0.326 e. The van der Waals surface area contributed by atoms with E-state index in [0.29, 0.717) is 20.7 Å². The van der Waals surface area contributed by atoms with Crippen molar-refractivity contribution < 1.29 is 23.1 Å². The lowest BCUT2D eigenvalue weighted by Gasteiger charge is -2.23. The number of benzene rings is 2. The van der Waals surface area contributed by atoms with Crippen molar-refractivity contribution >= 4 is 84.0 Å². The van der Waals surface area contributed by atoms with E-state index in [0.717, 1.165) is 11.5 Å². The number of carboxylic acids is 1. The van der Waals surface area contributed by atoms with E-state index in [4.69, 9.17) is 34.8 Å². The molecule has 2 atom stereocenters. The fourth-order valence-corrected chi connectivity index (χ4v) is 5.98. The van der Waals surface area contributed by atoms with Crippen molar-refractivity contribution in [3.63, 3.8) is 0 Å². The molecule has 9 nitrogen and oxygen atoms in total. The molecule has 0 aliphatic carbocycles. The van der Waals surface area contributed by atoms with Gasteiger partial charge in [-0.25, -0.2) is 9.78 Å². The van der Waals surface area contributed by atoms with Crippen molar-refractivity contribution in [3.05, 3.63) is 81.1 Å². The summed E-state index contributed by atoms with van der Waals surface area (Å²) in [6.07, 6.45) is 2.72. The number of amides is 1. The summed E-state index contributed by atoms with van der Waals surface area (Å²) in [7, 11) is -4.27. The van der Waals surface area contributed by atoms with Crippen LogP contribution in [0, 0.1) is 0 Å². The molecule has 0 aliphatic rings. The van der Waals surface area contributed by atoms with Gasteiger partial charge in [-0.2, -0.15) is 12.8 Å². The quantitative estimate of drug-likeness (QED) is 0.245. The zero-order chi connectivity index (χ0) is 26.9. The molecule has 37 heavy (non-hydrogen) atoms. The normalized spacial score (nSPS) is 13.2. The second-order valence-corrected chi connectivity index (χ2v) is 11.6. The molecule has 1 amide bonds. The zero-order valence-electron chi connectivity index (χ0n) is 18.8. The highest BCUT2D eigenvalue weighted by atomic mass is 35.5. The molecule has 0 fully saturated rings. The minimum absolute atomic E-state index is 0.142. The van der Waals surface area contributed by atoms with Gasteiger partial charge >= 0.3 is 5.97 Å². The zero-order valence-corrected chi connectivity index (χ0v) is 22.7. The third-order valence-electron chi connectivity index (χ3n) is 5.49. The average Bonchev–Trinajstić information content (AvgIpc) is 3.32. The summed E-state index contributed by atoms with van der Waals surface area (Å²) < 4.78 is 33.3. The number of carboxylic acid groups (broad SMARTS) is 1. The second kappa shape index (κ2) is 10.8. The first-order chi connectivity index (χ1) is 17.5. The van der Waals surface area contributed by atoms with Gasteiger partial charge in [-0.15, -0.1) is 0 Å². The van der Waals surface area contributed by atoms with E-state index in [9.17, 15) is 23.1 Å². The Morgan fingerprint density at radius 2 is 1.81 bits per heavy atom. The Morgan fingerprint density at radius 1 is 1.05 bits per heavy atom. The molecule has 0 spiro atoms. The van der Waals surface area contributed by atoms with Crippen LogP contribution >= 0.6 is 46.3 Å². The Kier molecular flexibility index (Phi) is 7.91. The average molecular weight is 600 g/mol. The fraction of sp³-hybridized carbons (Fsp3) is 0.130. The van der Waals surface area contributed by atoms with Crippen molar-refractivity contribution in [1.82, 2.24) is 14.7 Å². The summed E-state index contributed by atoms with van der Waals surface area (Å²) in [5, 5.41) is 13.0. The molecule has 0 radical (unpaired) electrons. The van der Waals surface area contributed by atoms with E-state index >= 15 is 0 Å². The number of hydrogen-bond acceptors (Lipinski definition) is 7. The maximum absolute atomic E-state index is 13.2. The number of fused-ring (bicyclic) bond motifs is 1. The number of aromatic nitrogens is 2. The van der Waals surface area contributed by atoms with Gasteiger partial charge in [-0.1, -0.05) is 47.8 Å². The number of sulfonamides is 1. The lowest BCUT2D eigenvalue weighted by Crippen LogP contribution is -2.44. The minimum Gasteiger partial charge on any atom is -0.480 e. The number of pyridine rings is 1. The molecule has 4 rings (SSSR count). The minimum atomic E-state index is -4.27. The summed E-state index contributed by atoms with van der Waals surface area (Å²) >= 11 is 19.2. The van der Waals surface area contributed by atoms with Gasteiger partial charge < -0.3 is 10.4 Å². The number of hydrogen-bond donors (Lipinski definition) is 3. The molecular formula is C23H17Cl3N4O5S2. The van der Waals surface area contributed by atoms with Crippen molar-refractivity contribution in [2.24, 2.45) is 0 Å². The molecule has 0 bridgehead atoms. The monoisotopic (exact) mass is 598 g/mol. The van der Waals surface area contributed by atoms with Crippen LogP contribution < -0.4 is 10.0 Å². The number of nitrogens with zero attached hydrogens (tertiary/aromatic N) is 2. The second-order valence-electron chi connectivity index (χ2n) is 7.90. The highest BCUT2D eigenvalue weighted by Gasteiger charge is 2.30. The summed E-state index contributed by atoms with van der Waals surface area (Å²) in [6, 6.07) is 8.83. The molecule has 14 heteroatoms. The lowest BCUT2D eigenvalue weighted by atomic mass is 9.93. The standard InChI is InChI=1S/C23H17Cl3N4O5S2/c1-11(12-2-5-16(25)17(26)8-12)20(23(32)33)29-21(31)14-4-3-13(24)9-18(14)30-37(34,35)22-15-10-28-36-19(15)6-7-27-22/h2-11,20,30H,1H3,(H,29,31)(H,32,33)/t11-,20+/m1/s1. The van der Waals surface area contributed by atoms with E-state index in [1.807, 2.05) is 0 Å². The first-order valence-electron chi connectivity index (χ1n) is 10.5. The Bertz CT molecular complexity index is 1630. The van der Waals surface area contributed by atoms with Gasteiger partial charge in [0.15, 0.2) is 5.03 Å². The first kappa shape index (κ1) is 27.1. The molecule has 0 saturated heterocycles. The third kappa shape index (κ3) is 5.81. The maximum atomic E-state index is 13.2. The fourth-order valence-electron chi connectivity index (χ4n) is 3.59. The smallest absolute Gasteiger partial charge is 0.326 e. The first-order valence-corrected chi connectivity index (χ1v) is 13.9. The molecule has 0 saturated carbocycles. The Morgan fingerprint density at radius 3 is 2.51 bits per heavy atom. The van der Waals surface area contributed by atoms with Crippen molar-refractivity contribution in [2.75, 3.05) is 4.72 Å². The lowest BCUT2D eigenvalue weighted by molar-refractivity contribution is -0.139. The largest absolute Gasteiger partial charge is 0.480 e. The summed E-state index contributed by atoms with van der Waals surface area (Å²) in [5.74, 6) is -2.85. The summed E-state index contributed by atoms with van der Waals surface area (Å²) in [4.78, 5) is 29.3. The van der Waals surface area contributed by atoms with Crippen LogP contribution in [-0.4, -0.2) is 40.8 Å². The van der Waals surface area contributed by atoms with Crippen LogP contribution in [0.25, 0.3) is 10.1 Å². The number of aliphatic carboxylic acids is 1. The van der Waals surface area contributed by atoms with Gasteiger partial charge in [-0.05, 0) is 53.5 Å². The van der Waals surface area contributed by atoms with Crippen LogP contribution in [0.4, 0.5) is 5.69 Å². The predicted molar refractivity (Wildman–Crippen MR) is 143 cm³/mol. The Labute approximate surface area is 230 Å². The van der Waals surface area contributed by atoms with E-state index in [-0.39, 0.29) is 26.3 Å². The third-order valence-corrected chi connectivity index (χ3v) is 8.55. The molecule has 0 aliphatic heterocycles.